The number of allylic oxidation sites excluding steroid dienone is 7. The predicted octanol–water partition coefficient (Wildman–Crippen LogP) is 10.8. The molecule has 444 valence electrons. The molecule has 76 heavy (non-hydrogen) atoms. The fraction of sp³-hybridized carbons (Fsp3) is 0.855. The van der Waals surface area contributed by atoms with E-state index in [4.69, 9.17) is 18.9 Å². The van der Waals surface area contributed by atoms with E-state index in [1.54, 1.807) is 6.08 Å². The number of unbranched alkanes of at least 4 members (excludes halogenated alkanes) is 30. The molecule has 0 bridgehead atoms. The first-order valence-corrected chi connectivity index (χ1v) is 30.9. The van der Waals surface area contributed by atoms with Crippen LogP contribution in [0.25, 0.3) is 0 Å². The highest BCUT2D eigenvalue weighted by atomic mass is 16.7. The van der Waals surface area contributed by atoms with Crippen molar-refractivity contribution in [2.24, 2.45) is 0 Å². The molecule has 0 aromatic carbocycles. The molecule has 1 amide bonds. The summed E-state index contributed by atoms with van der Waals surface area (Å²) in [7, 11) is 0. The molecule has 0 spiro atoms. The Bertz CT molecular complexity index is 1460. The Morgan fingerprint density at radius 3 is 1.32 bits per heavy atom. The summed E-state index contributed by atoms with van der Waals surface area (Å²) in [6.45, 7) is 2.74. The minimum absolute atomic E-state index is 0.259. The molecule has 12 unspecified atom stereocenters. The van der Waals surface area contributed by atoms with E-state index in [0.717, 1.165) is 64.2 Å². The van der Waals surface area contributed by atoms with Crippen LogP contribution in [0.15, 0.2) is 48.6 Å². The zero-order chi connectivity index (χ0) is 55.3. The number of aliphatic hydroxyl groups is 8. The highest BCUT2D eigenvalue weighted by Gasteiger charge is 2.51. The zero-order valence-electron chi connectivity index (χ0n) is 47.7. The van der Waals surface area contributed by atoms with Crippen molar-refractivity contribution in [2.75, 3.05) is 19.8 Å². The summed E-state index contributed by atoms with van der Waals surface area (Å²) >= 11 is 0. The second-order valence-corrected chi connectivity index (χ2v) is 21.8. The van der Waals surface area contributed by atoms with Crippen LogP contribution >= 0.6 is 0 Å². The SMILES string of the molecule is CCCCC/C=C\CCCCCCCC(=O)NC(COC1OC(CO)C(OC2OC(CO)C(O)C(O)C2O)C(O)C1O)C(O)/C=C/CC/C=C/CC/C=C/CCCCCCCCCCCCCCCCCCCCCC. The molecule has 12 atom stereocenters. The van der Waals surface area contributed by atoms with Crippen LogP contribution in [-0.4, -0.2) is 140 Å². The molecule has 2 aliphatic heterocycles. The number of hydrogen-bond acceptors (Lipinski definition) is 13. The number of amides is 1. The summed E-state index contributed by atoms with van der Waals surface area (Å²) in [5.41, 5.74) is 0. The molecule has 0 radical (unpaired) electrons. The molecule has 2 fully saturated rings. The van der Waals surface area contributed by atoms with Gasteiger partial charge in [-0.25, -0.2) is 0 Å². The van der Waals surface area contributed by atoms with Gasteiger partial charge in [0.2, 0.25) is 5.91 Å². The topological polar surface area (TPSA) is 228 Å². The lowest BCUT2D eigenvalue weighted by Crippen LogP contribution is -2.65. The van der Waals surface area contributed by atoms with Gasteiger partial charge >= 0.3 is 0 Å². The van der Waals surface area contributed by atoms with E-state index in [9.17, 15) is 45.6 Å². The third-order valence-electron chi connectivity index (χ3n) is 15.0. The molecule has 2 saturated heterocycles. The maximum absolute atomic E-state index is 13.2. The van der Waals surface area contributed by atoms with Gasteiger partial charge in [-0.3, -0.25) is 4.79 Å². The summed E-state index contributed by atoms with van der Waals surface area (Å²) in [6.07, 6.45) is 43.3. The standard InChI is InChI=1S/C62H113NO13/c1-3-5-7-9-11-13-15-17-18-19-20-21-22-23-24-25-26-27-28-29-30-31-32-33-34-35-37-39-41-43-45-51(66)50(63-54(67)46-44-42-40-38-36-16-14-12-10-8-6-4-2)49-73-61-59(72)57(70)60(53(48-65)75-61)76-62-58(71)56(69)55(68)52(47-64)74-62/h12,14,31-32,35,37,43,45,50-53,55-62,64-66,68-72H,3-11,13,15-30,33-34,36,38-42,44,46-49H2,1-2H3,(H,63,67)/b14-12-,32-31+,37-35+,45-43+. The van der Waals surface area contributed by atoms with E-state index >= 15 is 0 Å². The first-order chi connectivity index (χ1) is 37.1. The van der Waals surface area contributed by atoms with Gasteiger partial charge in [0.25, 0.3) is 0 Å². The van der Waals surface area contributed by atoms with Gasteiger partial charge in [0.05, 0.1) is 32.0 Å². The summed E-state index contributed by atoms with van der Waals surface area (Å²) in [5, 5.41) is 87.0. The smallest absolute Gasteiger partial charge is 0.220 e. The maximum Gasteiger partial charge on any atom is 0.220 e. The van der Waals surface area contributed by atoms with Crippen LogP contribution in [0, 0.1) is 0 Å². The highest BCUT2D eigenvalue weighted by molar-refractivity contribution is 5.76. The summed E-state index contributed by atoms with van der Waals surface area (Å²) < 4.78 is 22.7. The molecule has 0 saturated carbocycles. The fourth-order valence-corrected chi connectivity index (χ4v) is 9.97. The second kappa shape index (κ2) is 47.7. The van der Waals surface area contributed by atoms with E-state index in [2.05, 4.69) is 55.6 Å². The lowest BCUT2D eigenvalue weighted by molar-refractivity contribution is -0.359. The number of hydrogen-bond donors (Lipinski definition) is 9. The molecule has 2 rings (SSSR count). The van der Waals surface area contributed by atoms with Gasteiger partial charge in [0.1, 0.15) is 48.8 Å². The van der Waals surface area contributed by atoms with Gasteiger partial charge in [-0.2, -0.15) is 0 Å². The third-order valence-corrected chi connectivity index (χ3v) is 15.0. The van der Waals surface area contributed by atoms with Crippen LogP contribution < -0.4 is 5.32 Å². The van der Waals surface area contributed by atoms with Crippen molar-refractivity contribution >= 4 is 5.91 Å². The molecule has 14 heteroatoms. The minimum Gasteiger partial charge on any atom is -0.394 e. The molecule has 0 aromatic heterocycles. The Balaban J connectivity index is 1.71. The minimum atomic E-state index is -1.79. The van der Waals surface area contributed by atoms with Crippen molar-refractivity contribution in [3.8, 4) is 0 Å². The van der Waals surface area contributed by atoms with Gasteiger partial charge in [-0.1, -0.05) is 217 Å². The van der Waals surface area contributed by atoms with Gasteiger partial charge in [-0.15, -0.1) is 0 Å². The van der Waals surface area contributed by atoms with E-state index in [-0.39, 0.29) is 18.9 Å². The lowest BCUT2D eigenvalue weighted by atomic mass is 9.97. The molecular weight excluding hydrogens is 967 g/mol. The normalized spacial score (nSPS) is 25.2. The summed E-state index contributed by atoms with van der Waals surface area (Å²) in [4.78, 5) is 13.2. The Morgan fingerprint density at radius 1 is 0.461 bits per heavy atom. The largest absolute Gasteiger partial charge is 0.394 e. The Labute approximate surface area is 461 Å². The van der Waals surface area contributed by atoms with E-state index in [1.807, 2.05) is 6.08 Å². The molecule has 2 heterocycles. The van der Waals surface area contributed by atoms with Gasteiger partial charge < -0.3 is 65.1 Å². The van der Waals surface area contributed by atoms with Crippen molar-refractivity contribution in [2.45, 2.75) is 319 Å². The molecule has 2 aliphatic rings. The number of carbonyl (C=O) groups is 1. The summed E-state index contributed by atoms with van der Waals surface area (Å²) in [6, 6.07) is -0.942. The molecule has 0 aromatic rings. The average molecular weight is 1080 g/mol. The van der Waals surface area contributed by atoms with Gasteiger partial charge in [0.15, 0.2) is 12.6 Å². The van der Waals surface area contributed by atoms with Crippen LogP contribution in [0.5, 0.6) is 0 Å². The van der Waals surface area contributed by atoms with Crippen LogP contribution in [-0.2, 0) is 23.7 Å². The van der Waals surface area contributed by atoms with E-state index in [1.165, 1.54) is 148 Å². The van der Waals surface area contributed by atoms with Crippen molar-refractivity contribution in [3.05, 3.63) is 48.6 Å². The average Bonchev–Trinajstić information content (AvgIpc) is 3.42. The first-order valence-electron chi connectivity index (χ1n) is 30.9. The lowest BCUT2D eigenvalue weighted by Gasteiger charge is -2.46. The number of rotatable bonds is 49. The van der Waals surface area contributed by atoms with Crippen molar-refractivity contribution in [1.29, 1.82) is 0 Å². The number of aliphatic hydroxyl groups excluding tert-OH is 8. The van der Waals surface area contributed by atoms with Crippen molar-refractivity contribution < 1.29 is 64.6 Å². The van der Waals surface area contributed by atoms with Crippen molar-refractivity contribution in [1.82, 2.24) is 5.32 Å². The first kappa shape index (κ1) is 70.1. The quantitative estimate of drug-likeness (QED) is 0.0204. The number of nitrogens with one attached hydrogen (secondary N) is 1. The Hall–Kier alpha value is -2.05. The molecule has 0 aliphatic carbocycles. The van der Waals surface area contributed by atoms with Gasteiger partial charge in [-0.05, 0) is 70.6 Å². The van der Waals surface area contributed by atoms with Gasteiger partial charge in [0, 0.05) is 6.42 Å². The van der Waals surface area contributed by atoms with Crippen LogP contribution in [0.2, 0.25) is 0 Å². The molecular formula is C62H113NO13. The fourth-order valence-electron chi connectivity index (χ4n) is 9.97. The molecule has 9 N–H and O–H groups in total. The predicted molar refractivity (Wildman–Crippen MR) is 304 cm³/mol. The van der Waals surface area contributed by atoms with Crippen LogP contribution in [0.4, 0.5) is 0 Å². The Kier molecular flexibility index (Phi) is 44.0. The van der Waals surface area contributed by atoms with Crippen molar-refractivity contribution in [3.63, 3.8) is 0 Å². The maximum atomic E-state index is 13.2. The van der Waals surface area contributed by atoms with E-state index in [0.29, 0.717) is 12.8 Å². The Morgan fingerprint density at radius 2 is 0.842 bits per heavy atom. The van der Waals surface area contributed by atoms with Crippen LogP contribution in [0.3, 0.4) is 0 Å². The molecule has 14 nitrogen and oxygen atoms in total. The van der Waals surface area contributed by atoms with E-state index < -0.39 is 86.8 Å². The zero-order valence-corrected chi connectivity index (χ0v) is 47.7. The van der Waals surface area contributed by atoms with Crippen LogP contribution in [0.1, 0.15) is 245 Å². The number of carbonyl (C=O) groups excluding carboxylic acids is 1. The monoisotopic (exact) mass is 1080 g/mol. The summed E-state index contributed by atoms with van der Waals surface area (Å²) in [5.74, 6) is -0.264. The number of ether oxygens (including phenoxy) is 4. The third kappa shape index (κ3) is 32.9. The highest BCUT2D eigenvalue weighted by Crippen LogP contribution is 2.30. The second-order valence-electron chi connectivity index (χ2n) is 21.8.